The Bertz CT molecular complexity index is 2710. The molecule has 4 N–H and O–H groups in total. The molecule has 0 aromatic heterocycles. The molecule has 5 amide bonds. The van der Waals surface area contributed by atoms with Crippen molar-refractivity contribution in [3.63, 3.8) is 0 Å². The summed E-state index contributed by atoms with van der Waals surface area (Å²) < 4.78 is 50.1. The smallest absolute Gasteiger partial charge is 0.410 e. The molecule has 2 aliphatic heterocycles. The summed E-state index contributed by atoms with van der Waals surface area (Å²) in [6.45, 7) is 17.1. The first kappa shape index (κ1) is 72.1. The van der Waals surface area contributed by atoms with E-state index in [9.17, 15) is 58.2 Å². The highest BCUT2D eigenvalue weighted by atomic mass is 16.7. The highest BCUT2D eigenvalue weighted by molar-refractivity contribution is 5.92. The lowest BCUT2D eigenvalue weighted by Crippen LogP contribution is -2.64. The van der Waals surface area contributed by atoms with Crippen molar-refractivity contribution >= 4 is 59.6 Å². The van der Waals surface area contributed by atoms with Crippen molar-refractivity contribution in [1.29, 1.82) is 0 Å². The molecule has 2 aliphatic rings. The van der Waals surface area contributed by atoms with Gasteiger partial charge in [-0.3, -0.25) is 38.5 Å². The van der Waals surface area contributed by atoms with Crippen LogP contribution in [0.4, 0.5) is 4.79 Å². The van der Waals surface area contributed by atoms with Crippen LogP contribution in [0.3, 0.4) is 0 Å². The Labute approximate surface area is 508 Å². The lowest BCUT2D eigenvalue weighted by molar-refractivity contribution is -0.282. The summed E-state index contributed by atoms with van der Waals surface area (Å²) in [7, 11) is 6.89. The van der Waals surface area contributed by atoms with Gasteiger partial charge in [-0.1, -0.05) is 91.3 Å². The van der Waals surface area contributed by atoms with E-state index >= 15 is 0 Å². The third-order valence-electron chi connectivity index (χ3n) is 15.8. The molecule has 2 fully saturated rings. The second-order valence-corrected chi connectivity index (χ2v) is 22.8. The van der Waals surface area contributed by atoms with E-state index in [1.165, 1.54) is 32.2 Å². The van der Waals surface area contributed by atoms with Gasteiger partial charge in [0, 0.05) is 55.6 Å². The average molecular weight is 1230 g/mol. The number of likely N-dealkylation sites (N-methyl/N-ethyl adjacent to an activating group) is 2. The van der Waals surface area contributed by atoms with Gasteiger partial charge in [0.2, 0.25) is 36.0 Å². The predicted molar refractivity (Wildman–Crippen MR) is 310 cm³/mol. The molecule has 15 atom stereocenters. The van der Waals surface area contributed by atoms with Crippen molar-refractivity contribution in [3.05, 3.63) is 65.2 Å². The highest BCUT2D eigenvalue weighted by Crippen LogP contribution is 2.34. The van der Waals surface area contributed by atoms with E-state index in [0.29, 0.717) is 31.4 Å². The number of hydrogen-bond acceptors (Lipinski definition) is 20. The molecule has 0 saturated carbocycles. The molecule has 2 aromatic rings. The molecular weight excluding hydrogens is 1140 g/mol. The van der Waals surface area contributed by atoms with Crippen LogP contribution < -0.4 is 15.4 Å². The minimum absolute atomic E-state index is 0.120. The van der Waals surface area contributed by atoms with Crippen molar-refractivity contribution in [2.75, 3.05) is 42.0 Å². The number of rotatable bonds is 29. The summed E-state index contributed by atoms with van der Waals surface area (Å²) in [5, 5.41) is 27.1. The average Bonchev–Trinajstić information content (AvgIpc) is 4.22. The number of carbonyl (C=O) groups excluding carboxylic acids is 9. The van der Waals surface area contributed by atoms with Crippen molar-refractivity contribution < 1.29 is 101 Å². The quantitative estimate of drug-likeness (QED) is 0.0650. The van der Waals surface area contributed by atoms with Gasteiger partial charge in [-0.15, -0.1) is 0 Å². The van der Waals surface area contributed by atoms with E-state index in [2.05, 4.69) is 10.6 Å². The SMILES string of the molecule is CCC(C)[C@@H]([C@@H](CC(=O)N1CCC[C@H]1[C@H](OC)[C@@H](C)C(=O)N[C@H](C)[C@@H](O)c1ccccc1)OC)N(C)C(=O)[C@@H](NC(=O)[C@H](C(C)C)N(C)C(=O)OCc1ccc(OC2O[C@H](C(=O)OC)[C@@H](OC(C)=O)[C@H](OC(C)=O)[C@H]2OC(C)=O)c(C(=O)O)c1)C(C)C. The number of ether oxygens (including phenoxy) is 9. The Morgan fingerprint density at radius 1 is 0.759 bits per heavy atom. The number of hydrogen-bond donors (Lipinski definition) is 4. The molecule has 0 aliphatic carbocycles. The van der Waals surface area contributed by atoms with Crippen LogP contribution in [0.1, 0.15) is 129 Å². The Balaban J connectivity index is 1.50. The third kappa shape index (κ3) is 18.8. The van der Waals surface area contributed by atoms with E-state index in [0.717, 1.165) is 44.9 Å². The molecule has 2 heterocycles. The number of likely N-dealkylation sites (tertiary alicyclic amines) is 1. The summed E-state index contributed by atoms with van der Waals surface area (Å²) in [4.78, 5) is 138. The highest BCUT2D eigenvalue weighted by Gasteiger charge is 2.56. The Hall–Kier alpha value is -7.42. The summed E-state index contributed by atoms with van der Waals surface area (Å²) in [5.74, 6) is -9.63. The number of nitrogens with one attached hydrogen (secondary N) is 2. The molecule has 26 nitrogen and oxygen atoms in total. The van der Waals surface area contributed by atoms with Gasteiger partial charge >= 0.3 is 35.9 Å². The second-order valence-electron chi connectivity index (χ2n) is 22.8. The zero-order valence-corrected chi connectivity index (χ0v) is 52.7. The van der Waals surface area contributed by atoms with Gasteiger partial charge in [-0.25, -0.2) is 14.4 Å². The van der Waals surface area contributed by atoms with Crippen LogP contribution in [0.25, 0.3) is 0 Å². The van der Waals surface area contributed by atoms with Gasteiger partial charge in [0.15, 0.2) is 18.3 Å². The molecular formula is C61H89N5O21. The van der Waals surface area contributed by atoms with Crippen LogP contribution in [-0.2, 0) is 82.9 Å². The second kappa shape index (κ2) is 33.1. The molecule has 484 valence electrons. The minimum Gasteiger partial charge on any atom is -0.478 e. The zero-order chi connectivity index (χ0) is 65.3. The fourth-order valence-corrected chi connectivity index (χ4v) is 11.2. The maximum absolute atomic E-state index is 14.8. The number of carboxylic acid groups (broad SMARTS) is 1. The van der Waals surface area contributed by atoms with Crippen LogP contribution in [0.15, 0.2) is 48.5 Å². The van der Waals surface area contributed by atoms with Gasteiger partial charge < -0.3 is 73.3 Å². The Kier molecular flexibility index (Phi) is 27.4. The zero-order valence-electron chi connectivity index (χ0n) is 52.7. The minimum atomic E-state index is -1.88. The number of carboxylic acids is 1. The van der Waals surface area contributed by atoms with E-state index in [4.69, 9.17) is 42.6 Å². The van der Waals surface area contributed by atoms with Crippen molar-refractivity contribution in [3.8, 4) is 5.75 Å². The van der Waals surface area contributed by atoms with Gasteiger partial charge in [0.25, 0.3) is 0 Å². The molecule has 0 spiro atoms. The number of aliphatic hydroxyl groups excluding tert-OH is 1. The standard InChI is InChI=1S/C61H89N5O21/c1-17-33(6)48(44(79-14)29-45(70)66-27-21-24-42(66)50(80-15)34(7)55(72)62-35(8)49(71)40-22-19-18-20-23-40)64(12)57(74)46(31(2)3)63-56(73)47(32(4)5)65(13)61(78)82-30-39-25-26-43(41(28-39)58(75)76)86-60-54(85-38(11)69)52(84-37(10)68)51(83-36(9)67)53(87-60)59(77)81-16/h18-20,22-23,25-26,28,31-35,42,44,46-54,60,71H,17,21,24,27,29-30H2,1-16H3,(H,62,72)(H,63,73)(H,75,76)/t33?,34-,35-,42+,44-,46+,47+,48+,49-,50-,51+,52+,53+,54-,60?/m1/s1. The first-order valence-corrected chi connectivity index (χ1v) is 29.1. The van der Waals surface area contributed by atoms with Crippen LogP contribution in [-0.4, -0.2) is 200 Å². The first-order chi connectivity index (χ1) is 40.9. The van der Waals surface area contributed by atoms with Crippen LogP contribution >= 0.6 is 0 Å². The lowest BCUT2D eigenvalue weighted by atomic mass is 9.89. The number of aliphatic hydroxyl groups is 1. The number of carbonyl (C=O) groups is 10. The summed E-state index contributed by atoms with van der Waals surface area (Å²) in [6.07, 6.45) is -10.7. The molecule has 2 saturated heterocycles. The van der Waals surface area contributed by atoms with E-state index in [1.807, 2.05) is 19.9 Å². The molecule has 26 heteroatoms. The van der Waals surface area contributed by atoms with Gasteiger partial charge in [0.05, 0.1) is 55.9 Å². The maximum Gasteiger partial charge on any atom is 0.410 e. The Morgan fingerprint density at radius 2 is 1.37 bits per heavy atom. The molecule has 2 aromatic carbocycles. The lowest BCUT2D eigenvalue weighted by Gasteiger charge is -2.43. The van der Waals surface area contributed by atoms with Crippen molar-refractivity contribution in [2.45, 2.75) is 188 Å². The predicted octanol–water partition coefficient (Wildman–Crippen LogP) is 4.35. The van der Waals surface area contributed by atoms with Crippen LogP contribution in [0.5, 0.6) is 5.75 Å². The Morgan fingerprint density at radius 3 is 1.91 bits per heavy atom. The first-order valence-electron chi connectivity index (χ1n) is 29.1. The topological polar surface area (TPSA) is 328 Å². The summed E-state index contributed by atoms with van der Waals surface area (Å²) in [5.41, 5.74) is 0.239. The summed E-state index contributed by atoms with van der Waals surface area (Å²) in [6, 6.07) is 8.50. The fourth-order valence-electron chi connectivity index (χ4n) is 11.2. The molecule has 0 radical (unpaired) electrons. The number of esters is 4. The van der Waals surface area contributed by atoms with Crippen molar-refractivity contribution in [1.82, 2.24) is 25.3 Å². The van der Waals surface area contributed by atoms with Gasteiger partial charge in [-0.2, -0.15) is 0 Å². The molecule has 87 heavy (non-hydrogen) atoms. The number of benzene rings is 2. The molecule has 4 rings (SSSR count). The van der Waals surface area contributed by atoms with E-state index in [1.54, 1.807) is 77.8 Å². The van der Waals surface area contributed by atoms with Crippen LogP contribution in [0.2, 0.25) is 0 Å². The van der Waals surface area contributed by atoms with E-state index < -0.39 is 163 Å². The molecule has 0 bridgehead atoms. The van der Waals surface area contributed by atoms with E-state index in [-0.39, 0.29) is 29.7 Å². The van der Waals surface area contributed by atoms with Gasteiger partial charge in [0.1, 0.15) is 30.0 Å². The fraction of sp³-hybridized carbons (Fsp3) is 0.639. The number of methoxy groups -OCH3 is 3. The number of amides is 5. The van der Waals surface area contributed by atoms with Crippen LogP contribution in [0, 0.1) is 23.7 Å². The molecule has 2 unspecified atom stereocenters. The number of nitrogens with zero attached hydrogens (tertiary/aromatic N) is 3. The normalized spacial score (nSPS) is 21.5. The monoisotopic (exact) mass is 1230 g/mol. The largest absolute Gasteiger partial charge is 0.478 e. The van der Waals surface area contributed by atoms with Crippen molar-refractivity contribution in [2.24, 2.45) is 23.7 Å². The number of aromatic carboxylic acids is 1. The third-order valence-corrected chi connectivity index (χ3v) is 15.8. The van der Waals surface area contributed by atoms with Gasteiger partial charge in [-0.05, 0) is 60.8 Å². The summed E-state index contributed by atoms with van der Waals surface area (Å²) >= 11 is 0. The maximum atomic E-state index is 14.8.